The molecular formula is C16H27NO3S. The lowest BCUT2D eigenvalue weighted by molar-refractivity contribution is 0.0169. The molecule has 0 aliphatic carbocycles. The Morgan fingerprint density at radius 3 is 2.19 bits per heavy atom. The predicted octanol–water partition coefficient (Wildman–Crippen LogP) is 3.21. The molecule has 0 aromatic heterocycles. The van der Waals surface area contributed by atoms with Gasteiger partial charge in [0, 0.05) is 22.9 Å². The van der Waals surface area contributed by atoms with E-state index < -0.39 is 0 Å². The molecule has 1 aromatic carbocycles. The van der Waals surface area contributed by atoms with Crippen molar-refractivity contribution in [3.8, 4) is 0 Å². The number of anilines is 1. The second kappa shape index (κ2) is 13.0. The summed E-state index contributed by atoms with van der Waals surface area (Å²) in [6.07, 6.45) is 2.29. The summed E-state index contributed by atoms with van der Waals surface area (Å²) < 4.78 is 16.3. The molecule has 0 amide bonds. The zero-order valence-electron chi connectivity index (χ0n) is 12.9. The number of para-hydroxylation sites is 1. The summed E-state index contributed by atoms with van der Waals surface area (Å²) in [6.45, 7) is 6.24. The van der Waals surface area contributed by atoms with Gasteiger partial charge in [0.05, 0.1) is 33.0 Å². The number of unbranched alkanes of at least 4 members (excludes halogenated alkanes) is 1. The normalized spacial score (nSPS) is 10.9. The third-order valence-electron chi connectivity index (χ3n) is 2.79. The molecule has 0 saturated carbocycles. The van der Waals surface area contributed by atoms with Gasteiger partial charge in [-0.25, -0.2) is 0 Å². The lowest BCUT2D eigenvalue weighted by atomic mass is 10.3. The van der Waals surface area contributed by atoms with Crippen LogP contribution in [0.3, 0.4) is 0 Å². The Hall–Kier alpha value is -0.750. The van der Waals surface area contributed by atoms with Gasteiger partial charge in [-0.05, 0) is 18.6 Å². The van der Waals surface area contributed by atoms with E-state index in [1.54, 1.807) is 11.8 Å². The standard InChI is InChI=1S/C16H27NO3S/c1-2-3-8-18-9-10-19-11-12-20-13-14-21-16-7-5-4-6-15(16)17/h4-7H,2-3,8-14,17H2,1H3. The highest BCUT2D eigenvalue weighted by Gasteiger charge is 1.98. The lowest BCUT2D eigenvalue weighted by Gasteiger charge is -2.07. The molecule has 1 rings (SSSR count). The quantitative estimate of drug-likeness (QED) is 0.344. The van der Waals surface area contributed by atoms with E-state index in [-0.39, 0.29) is 0 Å². The maximum absolute atomic E-state index is 5.87. The Labute approximate surface area is 132 Å². The van der Waals surface area contributed by atoms with Gasteiger partial charge in [0.15, 0.2) is 0 Å². The van der Waals surface area contributed by atoms with Crippen LogP contribution in [0.2, 0.25) is 0 Å². The van der Waals surface area contributed by atoms with Crippen LogP contribution in [-0.4, -0.2) is 45.4 Å². The van der Waals surface area contributed by atoms with Crippen LogP contribution in [0.5, 0.6) is 0 Å². The smallest absolute Gasteiger partial charge is 0.0701 e. The first-order valence-electron chi connectivity index (χ1n) is 7.55. The number of nitrogens with two attached hydrogens (primary N) is 1. The number of hydrogen-bond donors (Lipinski definition) is 1. The minimum absolute atomic E-state index is 0.620. The van der Waals surface area contributed by atoms with Gasteiger partial charge in [0.2, 0.25) is 0 Å². The van der Waals surface area contributed by atoms with Crippen LogP contribution < -0.4 is 5.73 Å². The highest BCUT2D eigenvalue weighted by atomic mass is 32.2. The van der Waals surface area contributed by atoms with Gasteiger partial charge in [-0.1, -0.05) is 25.5 Å². The fourth-order valence-corrected chi connectivity index (χ4v) is 2.44. The van der Waals surface area contributed by atoms with Crippen molar-refractivity contribution in [3.63, 3.8) is 0 Å². The number of benzene rings is 1. The predicted molar refractivity (Wildman–Crippen MR) is 88.9 cm³/mol. The third-order valence-corrected chi connectivity index (χ3v) is 3.84. The maximum Gasteiger partial charge on any atom is 0.0701 e. The van der Waals surface area contributed by atoms with Gasteiger partial charge in [-0.3, -0.25) is 0 Å². The van der Waals surface area contributed by atoms with Crippen molar-refractivity contribution in [3.05, 3.63) is 24.3 Å². The first-order valence-corrected chi connectivity index (χ1v) is 8.53. The first-order chi connectivity index (χ1) is 10.3. The fourth-order valence-electron chi connectivity index (χ4n) is 1.61. The highest BCUT2D eigenvalue weighted by molar-refractivity contribution is 7.99. The minimum Gasteiger partial charge on any atom is -0.398 e. The van der Waals surface area contributed by atoms with Crippen LogP contribution in [0, 0.1) is 0 Å². The molecule has 0 spiro atoms. The molecule has 0 atom stereocenters. The molecule has 4 nitrogen and oxygen atoms in total. The Kier molecular flexibility index (Phi) is 11.3. The second-order valence-electron chi connectivity index (χ2n) is 4.58. The van der Waals surface area contributed by atoms with E-state index in [1.165, 1.54) is 6.42 Å². The molecule has 0 saturated heterocycles. The zero-order chi connectivity index (χ0) is 15.2. The number of nitrogen functional groups attached to an aromatic ring is 1. The summed E-state index contributed by atoms with van der Waals surface area (Å²) in [5.74, 6) is 0.897. The Bertz CT molecular complexity index is 363. The second-order valence-corrected chi connectivity index (χ2v) is 5.71. The third kappa shape index (κ3) is 9.74. The monoisotopic (exact) mass is 313 g/mol. The summed E-state index contributed by atoms with van der Waals surface area (Å²) in [7, 11) is 0. The molecule has 120 valence electrons. The number of thioether (sulfide) groups is 1. The maximum atomic E-state index is 5.87. The molecule has 2 N–H and O–H groups in total. The van der Waals surface area contributed by atoms with Gasteiger partial charge in [-0.15, -0.1) is 11.8 Å². The average molecular weight is 313 g/mol. The lowest BCUT2D eigenvalue weighted by Crippen LogP contribution is -2.10. The molecule has 0 unspecified atom stereocenters. The largest absolute Gasteiger partial charge is 0.398 e. The fraction of sp³-hybridized carbons (Fsp3) is 0.625. The summed E-state index contributed by atoms with van der Waals surface area (Å²) in [5.41, 5.74) is 6.69. The van der Waals surface area contributed by atoms with E-state index in [0.29, 0.717) is 33.0 Å². The molecule has 0 radical (unpaired) electrons. The average Bonchev–Trinajstić information content (AvgIpc) is 2.50. The van der Waals surface area contributed by atoms with Gasteiger partial charge in [-0.2, -0.15) is 0 Å². The molecular weight excluding hydrogens is 286 g/mol. The summed E-state index contributed by atoms with van der Waals surface area (Å²) in [6, 6.07) is 7.89. The highest BCUT2D eigenvalue weighted by Crippen LogP contribution is 2.23. The zero-order valence-corrected chi connectivity index (χ0v) is 13.7. The van der Waals surface area contributed by atoms with E-state index in [9.17, 15) is 0 Å². The Balaban J connectivity index is 1.84. The SMILES string of the molecule is CCCCOCCOCCOCCSc1ccccc1N. The summed E-state index contributed by atoms with van der Waals surface area (Å²) in [5, 5.41) is 0. The van der Waals surface area contributed by atoms with Crippen molar-refractivity contribution in [1.82, 2.24) is 0 Å². The van der Waals surface area contributed by atoms with Crippen molar-refractivity contribution in [2.45, 2.75) is 24.7 Å². The van der Waals surface area contributed by atoms with Crippen molar-refractivity contribution in [1.29, 1.82) is 0 Å². The van der Waals surface area contributed by atoms with Crippen LogP contribution in [0.15, 0.2) is 29.2 Å². The van der Waals surface area contributed by atoms with Gasteiger partial charge in [0.25, 0.3) is 0 Å². The van der Waals surface area contributed by atoms with E-state index in [4.69, 9.17) is 19.9 Å². The molecule has 5 heteroatoms. The molecule has 0 bridgehead atoms. The van der Waals surface area contributed by atoms with Crippen molar-refractivity contribution >= 4 is 17.4 Å². The molecule has 0 fully saturated rings. The van der Waals surface area contributed by atoms with E-state index in [2.05, 4.69) is 6.92 Å². The van der Waals surface area contributed by atoms with E-state index >= 15 is 0 Å². The van der Waals surface area contributed by atoms with Gasteiger partial charge >= 0.3 is 0 Å². The molecule has 21 heavy (non-hydrogen) atoms. The molecule has 0 aliphatic rings. The van der Waals surface area contributed by atoms with Crippen LogP contribution in [0.1, 0.15) is 19.8 Å². The number of hydrogen-bond acceptors (Lipinski definition) is 5. The van der Waals surface area contributed by atoms with E-state index in [0.717, 1.165) is 29.4 Å². The number of rotatable bonds is 13. The topological polar surface area (TPSA) is 53.7 Å². The van der Waals surface area contributed by atoms with Crippen molar-refractivity contribution in [2.24, 2.45) is 0 Å². The minimum atomic E-state index is 0.620. The molecule has 1 aromatic rings. The summed E-state index contributed by atoms with van der Waals surface area (Å²) in [4.78, 5) is 1.11. The van der Waals surface area contributed by atoms with E-state index in [1.807, 2.05) is 24.3 Å². The molecule has 0 heterocycles. The van der Waals surface area contributed by atoms with Crippen LogP contribution in [0.4, 0.5) is 5.69 Å². The summed E-state index contributed by atoms with van der Waals surface area (Å²) >= 11 is 1.72. The van der Waals surface area contributed by atoms with Gasteiger partial charge in [0.1, 0.15) is 0 Å². The van der Waals surface area contributed by atoms with Crippen molar-refractivity contribution in [2.75, 3.05) is 51.1 Å². The van der Waals surface area contributed by atoms with Crippen LogP contribution in [-0.2, 0) is 14.2 Å². The van der Waals surface area contributed by atoms with Gasteiger partial charge < -0.3 is 19.9 Å². The Morgan fingerprint density at radius 1 is 0.905 bits per heavy atom. The molecule has 0 aliphatic heterocycles. The Morgan fingerprint density at radius 2 is 1.52 bits per heavy atom. The number of ether oxygens (including phenoxy) is 3. The van der Waals surface area contributed by atoms with Crippen LogP contribution in [0.25, 0.3) is 0 Å². The van der Waals surface area contributed by atoms with Crippen LogP contribution >= 0.6 is 11.8 Å². The first kappa shape index (κ1) is 18.3. The van der Waals surface area contributed by atoms with Crippen molar-refractivity contribution < 1.29 is 14.2 Å².